The van der Waals surface area contributed by atoms with Crippen molar-refractivity contribution in [1.82, 2.24) is 15.1 Å². The van der Waals surface area contributed by atoms with E-state index in [0.717, 1.165) is 18.0 Å². The summed E-state index contributed by atoms with van der Waals surface area (Å²) in [5.41, 5.74) is 4.62. The number of aromatic nitrogens is 2. The van der Waals surface area contributed by atoms with Crippen LogP contribution in [0.4, 0.5) is 0 Å². The van der Waals surface area contributed by atoms with E-state index in [1.165, 1.54) is 16.8 Å². The van der Waals surface area contributed by atoms with Gasteiger partial charge in [-0.05, 0) is 31.7 Å². The number of hydrogen-bond donors (Lipinski definition) is 1. The molecule has 0 spiro atoms. The Morgan fingerprint density at radius 2 is 1.94 bits per heavy atom. The van der Waals surface area contributed by atoms with Gasteiger partial charge in [0.2, 0.25) is 0 Å². The molecule has 1 heterocycles. The summed E-state index contributed by atoms with van der Waals surface area (Å²) >= 11 is 0. The topological polar surface area (TPSA) is 39.1 Å². The van der Waals surface area contributed by atoms with Crippen LogP contribution in [0.2, 0.25) is 0 Å². The second-order valence-electron chi connectivity index (χ2n) is 4.29. The summed E-state index contributed by atoms with van der Waals surface area (Å²) in [6.07, 6.45) is 0. The van der Waals surface area contributed by atoms with Crippen molar-refractivity contribution >= 4 is 0 Å². The molecule has 18 heavy (non-hydrogen) atoms. The Balaban J connectivity index is 2.47. The summed E-state index contributed by atoms with van der Waals surface area (Å²) in [5.74, 6) is 0.871. The van der Waals surface area contributed by atoms with Gasteiger partial charge >= 0.3 is 0 Å². The van der Waals surface area contributed by atoms with E-state index in [0.29, 0.717) is 0 Å². The summed E-state index contributed by atoms with van der Waals surface area (Å²) in [6, 6.07) is 8.10. The van der Waals surface area contributed by atoms with Crippen LogP contribution in [0.3, 0.4) is 0 Å². The fraction of sp³-hybridized carbons (Fsp3) is 0.357. The lowest BCUT2D eigenvalue weighted by molar-refractivity contribution is 0.415. The molecule has 0 bridgehead atoms. The summed E-state index contributed by atoms with van der Waals surface area (Å²) in [5, 5.41) is 7.70. The zero-order valence-corrected chi connectivity index (χ0v) is 11.3. The predicted molar refractivity (Wildman–Crippen MR) is 72.7 cm³/mol. The average molecular weight is 245 g/mol. The third-order valence-electron chi connectivity index (χ3n) is 3.13. The Morgan fingerprint density at radius 3 is 2.50 bits per heavy atom. The van der Waals surface area contributed by atoms with Gasteiger partial charge in [-0.25, -0.2) is 0 Å². The minimum Gasteiger partial charge on any atom is -0.497 e. The van der Waals surface area contributed by atoms with Crippen LogP contribution in [0.25, 0.3) is 11.1 Å². The number of nitrogens with one attached hydrogen (secondary N) is 1. The molecule has 0 fully saturated rings. The first-order chi connectivity index (χ1) is 8.67. The van der Waals surface area contributed by atoms with Crippen LogP contribution < -0.4 is 10.1 Å². The highest BCUT2D eigenvalue weighted by atomic mass is 16.5. The van der Waals surface area contributed by atoms with E-state index in [1.807, 2.05) is 30.9 Å². The summed E-state index contributed by atoms with van der Waals surface area (Å²) < 4.78 is 7.11. The maximum absolute atomic E-state index is 5.19. The number of hydrogen-bond acceptors (Lipinski definition) is 3. The molecule has 0 amide bonds. The molecule has 2 aromatic rings. The Labute approximate surface area is 108 Å². The van der Waals surface area contributed by atoms with Crippen molar-refractivity contribution in [2.45, 2.75) is 13.5 Å². The van der Waals surface area contributed by atoms with Crippen LogP contribution in [0.1, 0.15) is 11.4 Å². The highest BCUT2D eigenvalue weighted by Gasteiger charge is 2.14. The zero-order valence-electron chi connectivity index (χ0n) is 11.3. The monoisotopic (exact) mass is 245 g/mol. The molecule has 96 valence electrons. The Bertz CT molecular complexity index is 529. The van der Waals surface area contributed by atoms with Crippen molar-refractivity contribution in [1.29, 1.82) is 0 Å². The quantitative estimate of drug-likeness (QED) is 0.896. The van der Waals surface area contributed by atoms with Gasteiger partial charge in [-0.2, -0.15) is 5.10 Å². The van der Waals surface area contributed by atoms with Crippen molar-refractivity contribution < 1.29 is 4.74 Å². The minimum atomic E-state index is 0.767. The lowest BCUT2D eigenvalue weighted by atomic mass is 10.0. The molecule has 4 heteroatoms. The van der Waals surface area contributed by atoms with Crippen molar-refractivity contribution in [3.63, 3.8) is 0 Å². The number of methoxy groups -OCH3 is 1. The van der Waals surface area contributed by atoms with Gasteiger partial charge in [0, 0.05) is 24.8 Å². The summed E-state index contributed by atoms with van der Waals surface area (Å²) in [4.78, 5) is 0. The van der Waals surface area contributed by atoms with Crippen LogP contribution in [0.15, 0.2) is 24.3 Å². The molecule has 4 nitrogen and oxygen atoms in total. The van der Waals surface area contributed by atoms with Gasteiger partial charge in [0.15, 0.2) is 0 Å². The first-order valence-electron chi connectivity index (χ1n) is 5.99. The molecule has 2 rings (SSSR count). The van der Waals surface area contributed by atoms with E-state index in [2.05, 4.69) is 29.5 Å². The van der Waals surface area contributed by atoms with E-state index in [1.54, 1.807) is 7.11 Å². The smallest absolute Gasteiger partial charge is 0.118 e. The lowest BCUT2D eigenvalue weighted by Gasteiger charge is -2.05. The number of nitrogens with zero attached hydrogens (tertiary/aromatic N) is 2. The average Bonchev–Trinajstić information content (AvgIpc) is 2.66. The lowest BCUT2D eigenvalue weighted by Crippen LogP contribution is -2.07. The highest BCUT2D eigenvalue weighted by Crippen LogP contribution is 2.28. The molecule has 0 aliphatic rings. The molecule has 1 aromatic carbocycles. The van der Waals surface area contributed by atoms with Crippen molar-refractivity contribution in [3.8, 4) is 16.9 Å². The van der Waals surface area contributed by atoms with Gasteiger partial charge in [0.1, 0.15) is 5.75 Å². The van der Waals surface area contributed by atoms with E-state index < -0.39 is 0 Å². The number of benzene rings is 1. The van der Waals surface area contributed by atoms with Gasteiger partial charge in [0.25, 0.3) is 0 Å². The zero-order chi connectivity index (χ0) is 13.1. The Kier molecular flexibility index (Phi) is 3.67. The third kappa shape index (κ3) is 2.24. The fourth-order valence-corrected chi connectivity index (χ4v) is 2.10. The maximum Gasteiger partial charge on any atom is 0.118 e. The fourth-order valence-electron chi connectivity index (χ4n) is 2.10. The van der Waals surface area contributed by atoms with Crippen molar-refractivity contribution in [2.75, 3.05) is 14.2 Å². The largest absolute Gasteiger partial charge is 0.497 e. The van der Waals surface area contributed by atoms with E-state index in [9.17, 15) is 0 Å². The first kappa shape index (κ1) is 12.6. The maximum atomic E-state index is 5.19. The first-order valence-corrected chi connectivity index (χ1v) is 5.99. The normalized spacial score (nSPS) is 10.7. The van der Waals surface area contributed by atoms with Gasteiger partial charge in [-0.15, -0.1) is 0 Å². The van der Waals surface area contributed by atoms with Gasteiger partial charge in [-0.3, -0.25) is 4.68 Å². The molecule has 0 aliphatic heterocycles. The number of ether oxygens (including phenoxy) is 1. The van der Waals surface area contributed by atoms with Crippen molar-refractivity contribution in [2.24, 2.45) is 7.05 Å². The summed E-state index contributed by atoms with van der Waals surface area (Å²) in [7, 11) is 5.58. The van der Waals surface area contributed by atoms with Crippen LogP contribution in [0.5, 0.6) is 5.75 Å². The van der Waals surface area contributed by atoms with E-state index in [4.69, 9.17) is 4.74 Å². The molecular weight excluding hydrogens is 226 g/mol. The van der Waals surface area contributed by atoms with Gasteiger partial charge in [0.05, 0.1) is 12.8 Å². The van der Waals surface area contributed by atoms with E-state index >= 15 is 0 Å². The molecule has 1 N–H and O–H groups in total. The third-order valence-corrected chi connectivity index (χ3v) is 3.13. The standard InChI is InChI=1S/C14H19N3O/c1-10-14(13(9-15-2)16-17(10)3)11-5-7-12(18-4)8-6-11/h5-8,15H,9H2,1-4H3. The highest BCUT2D eigenvalue weighted by molar-refractivity contribution is 5.69. The van der Waals surface area contributed by atoms with E-state index in [-0.39, 0.29) is 0 Å². The molecule has 0 aliphatic carbocycles. The summed E-state index contributed by atoms with van der Waals surface area (Å²) in [6.45, 7) is 2.86. The van der Waals surface area contributed by atoms with Crippen LogP contribution in [-0.4, -0.2) is 23.9 Å². The van der Waals surface area contributed by atoms with Gasteiger partial charge < -0.3 is 10.1 Å². The second-order valence-corrected chi connectivity index (χ2v) is 4.29. The second kappa shape index (κ2) is 5.23. The molecule has 0 saturated heterocycles. The number of aryl methyl sites for hydroxylation is 1. The molecule has 1 aromatic heterocycles. The van der Waals surface area contributed by atoms with Crippen LogP contribution in [0, 0.1) is 6.92 Å². The Hall–Kier alpha value is -1.81. The van der Waals surface area contributed by atoms with Gasteiger partial charge in [-0.1, -0.05) is 12.1 Å². The predicted octanol–water partition coefficient (Wildman–Crippen LogP) is 2.12. The number of rotatable bonds is 4. The van der Waals surface area contributed by atoms with Crippen molar-refractivity contribution in [3.05, 3.63) is 35.7 Å². The van der Waals surface area contributed by atoms with Crippen LogP contribution >= 0.6 is 0 Å². The van der Waals surface area contributed by atoms with Crippen LogP contribution in [-0.2, 0) is 13.6 Å². The molecule has 0 saturated carbocycles. The SMILES string of the molecule is CNCc1nn(C)c(C)c1-c1ccc(OC)cc1. The molecule has 0 radical (unpaired) electrons. The Morgan fingerprint density at radius 1 is 1.28 bits per heavy atom. The molecule has 0 unspecified atom stereocenters. The molecule has 0 atom stereocenters. The minimum absolute atomic E-state index is 0.767. The molecular formula is C14H19N3O.